The summed E-state index contributed by atoms with van der Waals surface area (Å²) in [7, 11) is 1.61. The normalized spacial score (nSPS) is 14.5. The number of carbonyl (C=O) groups excluding carboxylic acids is 1. The predicted octanol–water partition coefficient (Wildman–Crippen LogP) is 0.982. The molecule has 1 heterocycles. The van der Waals surface area contributed by atoms with Gasteiger partial charge in [-0.25, -0.2) is 0 Å². The lowest BCUT2D eigenvalue weighted by Gasteiger charge is -2.24. The highest BCUT2D eigenvalue weighted by atomic mass is 16.6. The Bertz CT molecular complexity index is 850. The van der Waals surface area contributed by atoms with E-state index in [-0.39, 0.29) is 17.2 Å². The molecule has 0 radical (unpaired) electrons. The fourth-order valence-corrected chi connectivity index (χ4v) is 3.32. The molecule has 3 rings (SSSR count). The Balaban J connectivity index is 1.68. The number of hydrogen-bond donors (Lipinski definition) is 3. The molecule has 1 aliphatic heterocycles. The van der Waals surface area contributed by atoms with Gasteiger partial charge in [-0.2, -0.15) is 0 Å². The number of morpholine rings is 1. The second kappa shape index (κ2) is 9.29. The van der Waals surface area contributed by atoms with E-state index in [1.54, 1.807) is 19.2 Å². The molecule has 3 N–H and O–H groups in total. The van der Waals surface area contributed by atoms with Crippen molar-refractivity contribution in [3.05, 3.63) is 69.3 Å². The predicted molar refractivity (Wildman–Crippen MR) is 105 cm³/mol. The largest absolute Gasteiger partial charge is 0.383 e. The molecule has 1 fully saturated rings. The van der Waals surface area contributed by atoms with Gasteiger partial charge in [0.25, 0.3) is 11.6 Å². The van der Waals surface area contributed by atoms with Gasteiger partial charge in [0.15, 0.2) is 0 Å². The number of ether oxygens (including phenoxy) is 1. The summed E-state index contributed by atoms with van der Waals surface area (Å²) in [6.07, 6.45) is 0. The Hall–Kier alpha value is -2.97. The van der Waals surface area contributed by atoms with E-state index >= 15 is 0 Å². The maximum Gasteiger partial charge on any atom is 0.293 e. The molecule has 1 saturated heterocycles. The molecule has 0 atom stereocenters. The maximum absolute atomic E-state index is 12.5. The molecule has 28 heavy (non-hydrogen) atoms. The first-order valence-electron chi connectivity index (χ1n) is 9.31. The van der Waals surface area contributed by atoms with Gasteiger partial charge >= 0.3 is 0 Å². The Morgan fingerprint density at radius 3 is 2.57 bits per heavy atom. The molecule has 0 bridgehead atoms. The van der Waals surface area contributed by atoms with Gasteiger partial charge in [-0.05, 0) is 17.7 Å². The summed E-state index contributed by atoms with van der Waals surface area (Å²) in [5.74, 6) is -0.334. The summed E-state index contributed by atoms with van der Waals surface area (Å²) in [6, 6.07) is 12.5. The number of amides is 1. The van der Waals surface area contributed by atoms with Crippen LogP contribution in [0, 0.1) is 10.1 Å². The molecule has 8 heteroatoms. The van der Waals surface area contributed by atoms with Crippen LogP contribution in [0.3, 0.4) is 0 Å². The van der Waals surface area contributed by atoms with E-state index in [0.717, 1.165) is 38.4 Å². The van der Waals surface area contributed by atoms with Gasteiger partial charge in [-0.3, -0.25) is 14.9 Å². The van der Waals surface area contributed by atoms with Crippen molar-refractivity contribution in [3.63, 3.8) is 0 Å². The molecule has 0 aromatic heterocycles. The second-order valence-electron chi connectivity index (χ2n) is 6.73. The number of nitro benzene ring substituents is 1. The van der Waals surface area contributed by atoms with Gasteiger partial charge in [0, 0.05) is 30.8 Å². The number of nitrogens with one attached hydrogen (secondary N) is 3. The molecule has 2 aromatic carbocycles. The van der Waals surface area contributed by atoms with Crippen LogP contribution in [0.5, 0.6) is 0 Å². The van der Waals surface area contributed by atoms with Crippen molar-refractivity contribution in [1.29, 1.82) is 0 Å². The molecule has 1 amide bonds. The lowest BCUT2D eigenvalue weighted by Crippen LogP contribution is -3.12. The molecule has 1 aliphatic rings. The van der Waals surface area contributed by atoms with E-state index in [0.29, 0.717) is 12.2 Å². The quantitative estimate of drug-likeness (QED) is 0.488. The number of benzene rings is 2. The standard InChI is InChI=1S/C20H24N4O4/c1-21-18-7-6-15(12-19(18)24(26)27)20(25)22-13-16-4-2-3-5-17(16)14-23-8-10-28-11-9-23/h2-7,12,21H,8-11,13-14H2,1H3,(H,22,25)/p+1. The van der Waals surface area contributed by atoms with Gasteiger partial charge < -0.3 is 20.3 Å². The number of carbonyl (C=O) groups is 1. The average molecular weight is 385 g/mol. The van der Waals surface area contributed by atoms with Crippen molar-refractivity contribution in [2.45, 2.75) is 13.1 Å². The number of rotatable bonds is 7. The first-order chi connectivity index (χ1) is 13.6. The van der Waals surface area contributed by atoms with Crippen LogP contribution >= 0.6 is 0 Å². The molecule has 8 nitrogen and oxygen atoms in total. The smallest absolute Gasteiger partial charge is 0.293 e. The number of nitro groups is 1. The zero-order valence-corrected chi connectivity index (χ0v) is 15.9. The molecular formula is C20H25N4O4+. The Kier molecular flexibility index (Phi) is 6.57. The zero-order valence-electron chi connectivity index (χ0n) is 15.9. The van der Waals surface area contributed by atoms with Crippen LogP contribution in [0.1, 0.15) is 21.5 Å². The molecule has 2 aromatic rings. The van der Waals surface area contributed by atoms with Crippen LogP contribution in [-0.4, -0.2) is 44.2 Å². The third-order valence-corrected chi connectivity index (χ3v) is 4.92. The lowest BCUT2D eigenvalue weighted by molar-refractivity contribution is -0.921. The summed E-state index contributed by atoms with van der Waals surface area (Å²) in [5.41, 5.74) is 2.77. The number of nitrogens with zero attached hydrogens (tertiary/aromatic N) is 1. The average Bonchev–Trinajstić information content (AvgIpc) is 2.73. The Labute approximate surface area is 163 Å². The van der Waals surface area contributed by atoms with E-state index in [4.69, 9.17) is 4.74 Å². The van der Waals surface area contributed by atoms with E-state index in [2.05, 4.69) is 16.7 Å². The van der Waals surface area contributed by atoms with Crippen molar-refractivity contribution in [2.24, 2.45) is 0 Å². The van der Waals surface area contributed by atoms with E-state index in [1.807, 2.05) is 18.2 Å². The minimum atomic E-state index is -0.497. The molecule has 0 aliphatic carbocycles. The highest BCUT2D eigenvalue weighted by Crippen LogP contribution is 2.25. The van der Waals surface area contributed by atoms with Gasteiger partial charge in [0.1, 0.15) is 25.3 Å². The number of anilines is 1. The number of hydrogen-bond acceptors (Lipinski definition) is 5. The summed E-state index contributed by atoms with van der Waals surface area (Å²) in [4.78, 5) is 24.7. The molecule has 0 unspecified atom stereocenters. The van der Waals surface area contributed by atoms with Crippen molar-refractivity contribution < 1.29 is 19.4 Å². The van der Waals surface area contributed by atoms with Crippen LogP contribution in [-0.2, 0) is 17.8 Å². The molecule has 0 spiro atoms. The fraction of sp³-hybridized carbons (Fsp3) is 0.350. The minimum Gasteiger partial charge on any atom is -0.383 e. The van der Waals surface area contributed by atoms with Crippen LogP contribution in [0.25, 0.3) is 0 Å². The third kappa shape index (κ3) is 4.85. The van der Waals surface area contributed by atoms with Gasteiger partial charge in [0.2, 0.25) is 0 Å². The monoisotopic (exact) mass is 385 g/mol. The SMILES string of the molecule is CNc1ccc(C(=O)NCc2ccccc2C[NH+]2CCOCC2)cc1[N+](=O)[O-]. The summed E-state index contributed by atoms with van der Waals surface area (Å²) < 4.78 is 5.41. The Morgan fingerprint density at radius 1 is 1.18 bits per heavy atom. The minimum absolute atomic E-state index is 0.119. The van der Waals surface area contributed by atoms with Crippen molar-refractivity contribution in [2.75, 3.05) is 38.7 Å². The first kappa shape index (κ1) is 19.8. The first-order valence-corrected chi connectivity index (χ1v) is 9.31. The zero-order chi connectivity index (χ0) is 19.9. The molecule has 0 saturated carbocycles. The third-order valence-electron chi connectivity index (χ3n) is 4.92. The van der Waals surface area contributed by atoms with Crippen LogP contribution in [0.2, 0.25) is 0 Å². The summed E-state index contributed by atoms with van der Waals surface area (Å²) in [6.45, 7) is 4.76. The second-order valence-corrected chi connectivity index (χ2v) is 6.73. The van der Waals surface area contributed by atoms with E-state index < -0.39 is 4.92 Å². The maximum atomic E-state index is 12.5. The van der Waals surface area contributed by atoms with Crippen LogP contribution in [0.4, 0.5) is 11.4 Å². The number of quaternary nitrogens is 1. The highest BCUT2D eigenvalue weighted by molar-refractivity contribution is 5.95. The van der Waals surface area contributed by atoms with Gasteiger partial charge in [-0.1, -0.05) is 24.3 Å². The van der Waals surface area contributed by atoms with E-state index in [1.165, 1.54) is 16.5 Å². The van der Waals surface area contributed by atoms with Crippen molar-refractivity contribution in [1.82, 2.24) is 5.32 Å². The van der Waals surface area contributed by atoms with Crippen LogP contribution in [0.15, 0.2) is 42.5 Å². The Morgan fingerprint density at radius 2 is 1.89 bits per heavy atom. The molecular weight excluding hydrogens is 360 g/mol. The van der Waals surface area contributed by atoms with Gasteiger partial charge in [-0.15, -0.1) is 0 Å². The van der Waals surface area contributed by atoms with Crippen molar-refractivity contribution in [3.8, 4) is 0 Å². The summed E-state index contributed by atoms with van der Waals surface area (Å²) in [5, 5.41) is 16.8. The van der Waals surface area contributed by atoms with E-state index in [9.17, 15) is 14.9 Å². The highest BCUT2D eigenvalue weighted by Gasteiger charge is 2.18. The lowest BCUT2D eigenvalue weighted by atomic mass is 10.1. The fourth-order valence-electron chi connectivity index (χ4n) is 3.32. The van der Waals surface area contributed by atoms with Crippen molar-refractivity contribution >= 4 is 17.3 Å². The van der Waals surface area contributed by atoms with Crippen LogP contribution < -0.4 is 15.5 Å². The molecule has 148 valence electrons. The topological polar surface area (TPSA) is 97.9 Å². The van der Waals surface area contributed by atoms with Gasteiger partial charge in [0.05, 0.1) is 18.1 Å². The summed E-state index contributed by atoms with van der Waals surface area (Å²) >= 11 is 0.